The van der Waals surface area contributed by atoms with Crippen LogP contribution < -0.4 is 0 Å². The quantitative estimate of drug-likeness (QED) is 0.813. The van der Waals surface area contributed by atoms with Crippen molar-refractivity contribution < 1.29 is 13.2 Å². The lowest BCUT2D eigenvalue weighted by Crippen LogP contribution is -2.08. The monoisotopic (exact) mass is 228 g/mol. The van der Waals surface area contributed by atoms with Crippen LogP contribution in [0.2, 0.25) is 0 Å². The van der Waals surface area contributed by atoms with E-state index in [0.29, 0.717) is 5.56 Å². The van der Waals surface area contributed by atoms with E-state index in [4.69, 9.17) is 0 Å². The highest BCUT2D eigenvalue weighted by molar-refractivity contribution is 5.60. The van der Waals surface area contributed by atoms with Crippen LogP contribution in [0.5, 0.6) is 0 Å². The predicted octanol–water partition coefficient (Wildman–Crippen LogP) is 2.19. The molecule has 0 aromatic carbocycles. The molecule has 2 rings (SSSR count). The van der Waals surface area contributed by atoms with E-state index in [1.165, 1.54) is 6.20 Å². The van der Waals surface area contributed by atoms with Crippen molar-refractivity contribution in [1.82, 2.24) is 20.4 Å². The molecule has 2 aromatic heterocycles. The van der Waals surface area contributed by atoms with Crippen LogP contribution in [0.15, 0.2) is 18.3 Å². The summed E-state index contributed by atoms with van der Waals surface area (Å²) in [5.41, 5.74) is -0.523. The molecule has 0 atom stereocenters. The van der Waals surface area contributed by atoms with E-state index in [-0.39, 0.29) is 11.4 Å². The zero-order valence-corrected chi connectivity index (χ0v) is 8.21. The third-order valence-corrected chi connectivity index (χ3v) is 2.05. The van der Waals surface area contributed by atoms with Crippen molar-refractivity contribution in [2.24, 2.45) is 0 Å². The first-order valence-electron chi connectivity index (χ1n) is 4.40. The molecule has 0 unspecified atom stereocenters. The maximum absolute atomic E-state index is 12.5. The lowest BCUT2D eigenvalue weighted by atomic mass is 10.1. The molecule has 4 nitrogen and oxygen atoms in total. The van der Waals surface area contributed by atoms with E-state index >= 15 is 0 Å². The van der Waals surface area contributed by atoms with Gasteiger partial charge in [-0.15, -0.1) is 0 Å². The Bertz CT molecular complexity index is 503. The SMILES string of the molecule is Cc1cccnc1-c1n[nH]nc1C(F)(F)F. The summed E-state index contributed by atoms with van der Waals surface area (Å²) < 4.78 is 37.6. The molecule has 0 aliphatic heterocycles. The van der Waals surface area contributed by atoms with Crippen LogP contribution in [0.1, 0.15) is 11.3 Å². The number of pyridine rings is 1. The molecule has 16 heavy (non-hydrogen) atoms. The summed E-state index contributed by atoms with van der Waals surface area (Å²) in [5, 5.41) is 8.57. The van der Waals surface area contributed by atoms with Crippen molar-refractivity contribution in [3.8, 4) is 11.4 Å². The van der Waals surface area contributed by atoms with Crippen LogP contribution in [0.25, 0.3) is 11.4 Å². The summed E-state index contributed by atoms with van der Waals surface area (Å²) in [6.07, 6.45) is -3.12. The Hall–Kier alpha value is -1.92. The van der Waals surface area contributed by atoms with Gasteiger partial charge in [0.2, 0.25) is 0 Å². The Morgan fingerprint density at radius 2 is 1.94 bits per heavy atom. The molecule has 0 amide bonds. The van der Waals surface area contributed by atoms with Crippen molar-refractivity contribution in [1.29, 1.82) is 0 Å². The van der Waals surface area contributed by atoms with Gasteiger partial charge in [-0.25, -0.2) is 0 Å². The number of hydrogen-bond donors (Lipinski definition) is 1. The lowest BCUT2D eigenvalue weighted by molar-refractivity contribution is -0.140. The largest absolute Gasteiger partial charge is 0.437 e. The van der Waals surface area contributed by atoms with Crippen molar-refractivity contribution in [3.05, 3.63) is 29.6 Å². The summed E-state index contributed by atoms with van der Waals surface area (Å²) in [5.74, 6) is 0. The molecule has 84 valence electrons. The van der Waals surface area contributed by atoms with E-state index in [0.717, 1.165) is 0 Å². The van der Waals surface area contributed by atoms with E-state index in [9.17, 15) is 13.2 Å². The number of H-pyrrole nitrogens is 1. The summed E-state index contributed by atoms with van der Waals surface area (Å²) in [6, 6.07) is 3.31. The van der Waals surface area contributed by atoms with Crippen LogP contribution in [0.4, 0.5) is 13.2 Å². The number of aryl methyl sites for hydroxylation is 1. The number of halogens is 3. The second-order valence-electron chi connectivity index (χ2n) is 3.19. The number of alkyl halides is 3. The smallest absolute Gasteiger partial charge is 0.254 e. The summed E-state index contributed by atoms with van der Waals surface area (Å²) >= 11 is 0. The summed E-state index contributed by atoms with van der Waals surface area (Å²) in [6.45, 7) is 1.66. The summed E-state index contributed by atoms with van der Waals surface area (Å²) in [4.78, 5) is 3.87. The van der Waals surface area contributed by atoms with E-state index in [2.05, 4.69) is 15.2 Å². The normalized spacial score (nSPS) is 11.8. The van der Waals surface area contributed by atoms with Crippen molar-refractivity contribution >= 4 is 0 Å². The molecule has 0 aliphatic carbocycles. The van der Waals surface area contributed by atoms with Gasteiger partial charge in [-0.2, -0.15) is 28.6 Å². The number of hydrogen-bond acceptors (Lipinski definition) is 3. The highest BCUT2D eigenvalue weighted by Crippen LogP contribution is 2.33. The minimum absolute atomic E-state index is 0.184. The Labute approximate surface area is 88.5 Å². The molecule has 2 heterocycles. The third kappa shape index (κ3) is 1.75. The number of aromatic nitrogens is 4. The van der Waals surface area contributed by atoms with Crippen LogP contribution in [0, 0.1) is 6.92 Å². The summed E-state index contributed by atoms with van der Waals surface area (Å²) in [7, 11) is 0. The fourth-order valence-corrected chi connectivity index (χ4v) is 1.33. The molecule has 7 heteroatoms. The molecule has 0 spiro atoms. The van der Waals surface area contributed by atoms with Gasteiger partial charge < -0.3 is 0 Å². The average Bonchev–Trinajstić information content (AvgIpc) is 2.66. The van der Waals surface area contributed by atoms with Gasteiger partial charge in [0.25, 0.3) is 0 Å². The van der Waals surface area contributed by atoms with E-state index in [1.54, 1.807) is 19.1 Å². The maximum atomic E-state index is 12.5. The Morgan fingerprint density at radius 1 is 1.19 bits per heavy atom. The van der Waals surface area contributed by atoms with Crippen LogP contribution in [-0.2, 0) is 6.18 Å². The van der Waals surface area contributed by atoms with Gasteiger partial charge in [-0.3, -0.25) is 4.98 Å². The third-order valence-electron chi connectivity index (χ3n) is 2.05. The Morgan fingerprint density at radius 3 is 2.56 bits per heavy atom. The molecule has 0 bridgehead atoms. The van der Waals surface area contributed by atoms with Crippen molar-refractivity contribution in [2.75, 3.05) is 0 Å². The number of aromatic amines is 1. The number of nitrogens with zero attached hydrogens (tertiary/aromatic N) is 3. The van der Waals surface area contributed by atoms with Gasteiger partial charge >= 0.3 is 6.18 Å². The van der Waals surface area contributed by atoms with Gasteiger partial charge in [0, 0.05) is 6.20 Å². The second kappa shape index (κ2) is 3.58. The topological polar surface area (TPSA) is 54.5 Å². The maximum Gasteiger partial charge on any atom is 0.437 e. The fraction of sp³-hybridized carbons (Fsp3) is 0.222. The van der Waals surface area contributed by atoms with Crippen molar-refractivity contribution in [2.45, 2.75) is 13.1 Å². The van der Waals surface area contributed by atoms with Gasteiger partial charge in [-0.1, -0.05) is 6.07 Å². The molecule has 0 saturated carbocycles. The van der Waals surface area contributed by atoms with E-state index < -0.39 is 11.9 Å². The molecular weight excluding hydrogens is 221 g/mol. The predicted molar refractivity (Wildman–Crippen MR) is 49.4 cm³/mol. The first-order valence-corrected chi connectivity index (χ1v) is 4.40. The van der Waals surface area contributed by atoms with Gasteiger partial charge in [0.1, 0.15) is 5.69 Å². The molecule has 0 fully saturated rings. The minimum atomic E-state index is -4.54. The van der Waals surface area contributed by atoms with E-state index in [1.807, 2.05) is 5.21 Å². The molecule has 0 radical (unpaired) electrons. The van der Waals surface area contributed by atoms with Crippen LogP contribution in [0.3, 0.4) is 0 Å². The molecule has 2 aromatic rings. The van der Waals surface area contributed by atoms with Gasteiger partial charge in [0.05, 0.1) is 5.69 Å². The highest BCUT2D eigenvalue weighted by Gasteiger charge is 2.38. The molecule has 1 N–H and O–H groups in total. The zero-order valence-electron chi connectivity index (χ0n) is 8.21. The Kier molecular flexibility index (Phi) is 2.37. The molecular formula is C9H7F3N4. The molecule has 0 aliphatic rings. The van der Waals surface area contributed by atoms with Crippen LogP contribution >= 0.6 is 0 Å². The first-order chi connectivity index (χ1) is 7.50. The van der Waals surface area contributed by atoms with Gasteiger partial charge in [-0.05, 0) is 18.6 Å². The standard InChI is InChI=1S/C9H7F3N4/c1-5-3-2-4-13-6(5)7-8(9(10,11)12)15-16-14-7/h2-4H,1H3,(H,14,15,16). The van der Waals surface area contributed by atoms with Crippen molar-refractivity contribution in [3.63, 3.8) is 0 Å². The van der Waals surface area contributed by atoms with Gasteiger partial charge in [0.15, 0.2) is 5.69 Å². The first kappa shape index (κ1) is 10.6. The lowest BCUT2D eigenvalue weighted by Gasteiger charge is -2.05. The fourth-order valence-electron chi connectivity index (χ4n) is 1.33. The second-order valence-corrected chi connectivity index (χ2v) is 3.19. The average molecular weight is 228 g/mol. The molecule has 0 saturated heterocycles. The highest BCUT2D eigenvalue weighted by atomic mass is 19.4. The van der Waals surface area contributed by atoms with Crippen LogP contribution in [-0.4, -0.2) is 20.4 Å². The minimum Gasteiger partial charge on any atom is -0.254 e. The number of rotatable bonds is 1. The number of nitrogens with one attached hydrogen (secondary N) is 1. The Balaban J connectivity index is 2.58. The zero-order chi connectivity index (χ0) is 11.8.